The van der Waals surface area contributed by atoms with E-state index in [4.69, 9.17) is 4.74 Å². The van der Waals surface area contributed by atoms with Gasteiger partial charge in [0.2, 0.25) is 4.96 Å². The second-order valence-corrected chi connectivity index (χ2v) is 6.64. The standard InChI is InChI=1S/C18H16N4OS/c1-12-6-8-15(9-7-12)23-11-16-19-20-18-22(16)21-17(24-18)14-5-3-4-13(2)10-14/h3-10H,11H2,1-2H3. The first-order valence-corrected chi connectivity index (χ1v) is 8.48. The Morgan fingerprint density at radius 2 is 1.83 bits per heavy atom. The maximum atomic E-state index is 5.79. The van der Waals surface area contributed by atoms with Gasteiger partial charge in [0, 0.05) is 5.56 Å². The summed E-state index contributed by atoms with van der Waals surface area (Å²) in [6.07, 6.45) is 0. The molecule has 0 unspecified atom stereocenters. The summed E-state index contributed by atoms with van der Waals surface area (Å²) in [5, 5.41) is 14.0. The van der Waals surface area contributed by atoms with Crippen LogP contribution in [0.2, 0.25) is 0 Å². The predicted molar refractivity (Wildman–Crippen MR) is 94.3 cm³/mol. The van der Waals surface area contributed by atoms with Crippen molar-refractivity contribution >= 4 is 16.3 Å². The van der Waals surface area contributed by atoms with Crippen molar-refractivity contribution < 1.29 is 4.74 Å². The first kappa shape index (κ1) is 14.8. The third-order valence-electron chi connectivity index (χ3n) is 3.71. The minimum atomic E-state index is 0.335. The Balaban J connectivity index is 1.59. The molecule has 24 heavy (non-hydrogen) atoms. The molecule has 4 rings (SSSR count). The summed E-state index contributed by atoms with van der Waals surface area (Å²) in [5.41, 5.74) is 3.51. The zero-order valence-electron chi connectivity index (χ0n) is 13.4. The van der Waals surface area contributed by atoms with Crippen LogP contribution in [0.25, 0.3) is 15.5 Å². The number of ether oxygens (including phenoxy) is 1. The van der Waals surface area contributed by atoms with Crippen LogP contribution in [0.1, 0.15) is 17.0 Å². The molecule has 0 saturated heterocycles. The minimum absolute atomic E-state index is 0.335. The zero-order valence-corrected chi connectivity index (χ0v) is 14.2. The topological polar surface area (TPSA) is 52.3 Å². The summed E-state index contributed by atoms with van der Waals surface area (Å²) in [4.78, 5) is 0.772. The fraction of sp³-hybridized carbons (Fsp3) is 0.167. The Morgan fingerprint density at radius 1 is 1.00 bits per heavy atom. The van der Waals surface area contributed by atoms with Crippen molar-refractivity contribution in [1.29, 1.82) is 0 Å². The highest BCUT2D eigenvalue weighted by Crippen LogP contribution is 2.26. The van der Waals surface area contributed by atoms with Gasteiger partial charge in [-0.1, -0.05) is 52.8 Å². The summed E-state index contributed by atoms with van der Waals surface area (Å²) in [5.74, 6) is 1.51. The van der Waals surface area contributed by atoms with Gasteiger partial charge in [-0.15, -0.1) is 10.2 Å². The van der Waals surface area contributed by atoms with Crippen molar-refractivity contribution in [2.45, 2.75) is 20.5 Å². The van der Waals surface area contributed by atoms with Gasteiger partial charge < -0.3 is 4.74 Å². The van der Waals surface area contributed by atoms with Gasteiger partial charge in [-0.2, -0.15) is 9.61 Å². The lowest BCUT2D eigenvalue weighted by atomic mass is 10.1. The minimum Gasteiger partial charge on any atom is -0.486 e. The Kier molecular flexibility index (Phi) is 3.74. The van der Waals surface area contributed by atoms with Crippen LogP contribution in [0.3, 0.4) is 0 Å². The van der Waals surface area contributed by atoms with Crippen LogP contribution in [0.4, 0.5) is 0 Å². The molecule has 0 aliphatic heterocycles. The van der Waals surface area contributed by atoms with Gasteiger partial charge in [0.25, 0.3) is 0 Å². The van der Waals surface area contributed by atoms with E-state index in [2.05, 4.69) is 40.4 Å². The van der Waals surface area contributed by atoms with Gasteiger partial charge >= 0.3 is 0 Å². The fourth-order valence-electron chi connectivity index (χ4n) is 2.42. The van der Waals surface area contributed by atoms with E-state index in [9.17, 15) is 0 Å². The Morgan fingerprint density at radius 3 is 2.62 bits per heavy atom. The number of aryl methyl sites for hydroxylation is 2. The second-order valence-electron chi connectivity index (χ2n) is 5.69. The molecule has 0 atom stereocenters. The lowest BCUT2D eigenvalue weighted by Gasteiger charge is -2.04. The molecule has 4 aromatic rings. The summed E-state index contributed by atoms with van der Waals surface area (Å²) in [6.45, 7) is 4.46. The van der Waals surface area contributed by atoms with Gasteiger partial charge in [-0.3, -0.25) is 0 Å². The van der Waals surface area contributed by atoms with Crippen LogP contribution in [0.15, 0.2) is 48.5 Å². The van der Waals surface area contributed by atoms with Gasteiger partial charge in [-0.25, -0.2) is 0 Å². The molecule has 0 bridgehead atoms. The average Bonchev–Trinajstić information content (AvgIpc) is 3.15. The van der Waals surface area contributed by atoms with Crippen molar-refractivity contribution in [2.24, 2.45) is 0 Å². The number of hydrogen-bond acceptors (Lipinski definition) is 5. The van der Waals surface area contributed by atoms with Gasteiger partial charge in [0.15, 0.2) is 5.82 Å². The SMILES string of the molecule is Cc1ccc(OCc2nnc3sc(-c4cccc(C)c4)nn23)cc1. The first-order chi connectivity index (χ1) is 11.7. The van der Waals surface area contributed by atoms with Crippen LogP contribution in [-0.2, 0) is 6.61 Å². The molecule has 6 heteroatoms. The van der Waals surface area contributed by atoms with Crippen LogP contribution >= 0.6 is 11.3 Å². The number of fused-ring (bicyclic) bond motifs is 1. The summed E-state index contributed by atoms with van der Waals surface area (Å²) in [6, 6.07) is 16.2. The molecule has 120 valence electrons. The Hall–Kier alpha value is -2.73. The van der Waals surface area contributed by atoms with Crippen molar-refractivity contribution in [1.82, 2.24) is 19.8 Å². The molecule has 0 aliphatic carbocycles. The molecule has 0 radical (unpaired) electrons. The molecule has 5 nitrogen and oxygen atoms in total. The molecular formula is C18H16N4OS. The van der Waals surface area contributed by atoms with E-state index in [0.29, 0.717) is 12.4 Å². The molecule has 0 spiro atoms. The number of nitrogens with zero attached hydrogens (tertiary/aromatic N) is 4. The molecule has 0 N–H and O–H groups in total. The van der Waals surface area contributed by atoms with E-state index in [-0.39, 0.29) is 0 Å². The largest absolute Gasteiger partial charge is 0.486 e. The normalized spacial score (nSPS) is 11.1. The fourth-order valence-corrected chi connectivity index (χ4v) is 3.28. The molecule has 2 aromatic heterocycles. The Bertz CT molecular complexity index is 988. The summed E-state index contributed by atoms with van der Waals surface area (Å²) >= 11 is 1.53. The van der Waals surface area contributed by atoms with Crippen LogP contribution in [-0.4, -0.2) is 19.8 Å². The van der Waals surface area contributed by atoms with E-state index in [1.165, 1.54) is 22.5 Å². The maximum Gasteiger partial charge on any atom is 0.235 e. The predicted octanol–water partition coefficient (Wildman–Crippen LogP) is 4.05. The molecular weight excluding hydrogens is 320 g/mol. The second kappa shape index (κ2) is 6.05. The molecule has 2 heterocycles. The molecule has 0 amide bonds. The van der Waals surface area contributed by atoms with Gasteiger partial charge in [-0.05, 0) is 32.0 Å². The number of benzene rings is 2. The quantitative estimate of drug-likeness (QED) is 0.564. The molecule has 0 saturated carbocycles. The lowest BCUT2D eigenvalue weighted by Crippen LogP contribution is -2.02. The highest BCUT2D eigenvalue weighted by molar-refractivity contribution is 7.19. The Labute approximate surface area is 143 Å². The van der Waals surface area contributed by atoms with Gasteiger partial charge in [0.1, 0.15) is 17.4 Å². The molecule has 0 aliphatic rings. The maximum absolute atomic E-state index is 5.79. The smallest absolute Gasteiger partial charge is 0.235 e. The van der Waals surface area contributed by atoms with Crippen LogP contribution < -0.4 is 4.74 Å². The van der Waals surface area contributed by atoms with E-state index >= 15 is 0 Å². The zero-order chi connectivity index (χ0) is 16.5. The van der Waals surface area contributed by atoms with Crippen LogP contribution in [0.5, 0.6) is 5.75 Å². The molecule has 2 aromatic carbocycles. The van der Waals surface area contributed by atoms with Crippen LogP contribution in [0, 0.1) is 13.8 Å². The third-order valence-corrected chi connectivity index (χ3v) is 4.66. The van der Waals surface area contributed by atoms with Crippen molar-refractivity contribution in [3.05, 3.63) is 65.5 Å². The number of hydrogen-bond donors (Lipinski definition) is 0. The van der Waals surface area contributed by atoms with E-state index in [1.54, 1.807) is 4.52 Å². The highest BCUT2D eigenvalue weighted by Gasteiger charge is 2.13. The molecule has 0 fully saturated rings. The van der Waals surface area contributed by atoms with Crippen molar-refractivity contribution in [3.8, 4) is 16.3 Å². The van der Waals surface area contributed by atoms with Crippen molar-refractivity contribution in [2.75, 3.05) is 0 Å². The number of aromatic nitrogens is 4. The summed E-state index contributed by atoms with van der Waals surface area (Å²) < 4.78 is 7.55. The average molecular weight is 336 g/mol. The lowest BCUT2D eigenvalue weighted by molar-refractivity contribution is 0.293. The van der Waals surface area contributed by atoms with E-state index in [1.807, 2.05) is 37.3 Å². The third kappa shape index (κ3) is 2.88. The highest BCUT2D eigenvalue weighted by atomic mass is 32.1. The monoisotopic (exact) mass is 336 g/mol. The van der Waals surface area contributed by atoms with Gasteiger partial charge in [0.05, 0.1) is 0 Å². The first-order valence-electron chi connectivity index (χ1n) is 7.67. The van der Waals surface area contributed by atoms with Crippen molar-refractivity contribution in [3.63, 3.8) is 0 Å². The summed E-state index contributed by atoms with van der Waals surface area (Å²) in [7, 11) is 0. The van der Waals surface area contributed by atoms with E-state index in [0.717, 1.165) is 21.3 Å². The van der Waals surface area contributed by atoms with E-state index < -0.39 is 0 Å². The number of rotatable bonds is 4.